The Kier molecular flexibility index (Phi) is 7.43. The number of hydrogen-bond acceptors (Lipinski definition) is 3. The number of benzene rings is 3. The van der Waals surface area contributed by atoms with Gasteiger partial charge in [0.25, 0.3) is 0 Å². The van der Waals surface area contributed by atoms with Crippen molar-refractivity contribution < 1.29 is 4.79 Å². The number of amides is 2. The molecule has 172 valence electrons. The fourth-order valence-electron chi connectivity index (χ4n) is 4.17. The fraction of sp³-hybridized carbons (Fsp3) is 0.269. The summed E-state index contributed by atoms with van der Waals surface area (Å²) in [5, 5.41) is 6.74. The van der Waals surface area contributed by atoms with Gasteiger partial charge in [-0.3, -0.25) is 4.90 Å². The summed E-state index contributed by atoms with van der Waals surface area (Å²) >= 11 is 12.0. The zero-order chi connectivity index (χ0) is 23.4. The molecule has 5 nitrogen and oxygen atoms in total. The minimum atomic E-state index is -0.277. The molecule has 2 N–H and O–H groups in total. The Morgan fingerprint density at radius 2 is 1.73 bits per heavy atom. The van der Waals surface area contributed by atoms with Gasteiger partial charge in [0.1, 0.15) is 0 Å². The highest BCUT2D eigenvalue weighted by Crippen LogP contribution is 2.29. The number of urea groups is 1. The lowest BCUT2D eigenvalue weighted by Crippen LogP contribution is -2.41. The van der Waals surface area contributed by atoms with Crippen LogP contribution in [0.25, 0.3) is 0 Å². The largest absolute Gasteiger partial charge is 0.378 e. The van der Waals surface area contributed by atoms with E-state index < -0.39 is 0 Å². The molecule has 33 heavy (non-hydrogen) atoms. The number of carbonyl (C=O) groups is 1. The third-order valence-electron chi connectivity index (χ3n) is 6.03. The van der Waals surface area contributed by atoms with E-state index in [0.29, 0.717) is 22.3 Å². The molecular weight excluding hydrogens is 455 g/mol. The van der Waals surface area contributed by atoms with Crippen LogP contribution in [0.2, 0.25) is 10.0 Å². The number of nitrogens with one attached hydrogen (secondary N) is 2. The van der Waals surface area contributed by atoms with Gasteiger partial charge in [0.2, 0.25) is 0 Å². The number of rotatable bonds is 6. The first-order chi connectivity index (χ1) is 15.9. The molecule has 0 spiro atoms. The van der Waals surface area contributed by atoms with Crippen LogP contribution >= 0.6 is 23.2 Å². The molecule has 0 saturated carbocycles. The maximum atomic E-state index is 12.6. The van der Waals surface area contributed by atoms with E-state index in [9.17, 15) is 4.79 Å². The van der Waals surface area contributed by atoms with Crippen LogP contribution in [-0.4, -0.2) is 38.1 Å². The van der Waals surface area contributed by atoms with Crippen molar-refractivity contribution in [3.8, 4) is 0 Å². The molecule has 3 aromatic rings. The highest BCUT2D eigenvalue weighted by atomic mass is 35.5. The zero-order valence-corrected chi connectivity index (χ0v) is 20.3. The molecule has 0 bridgehead atoms. The Bertz CT molecular complexity index is 1120. The summed E-state index contributed by atoms with van der Waals surface area (Å²) in [6, 6.07) is 21.9. The van der Waals surface area contributed by atoms with Crippen LogP contribution in [0.5, 0.6) is 0 Å². The Morgan fingerprint density at radius 3 is 2.42 bits per heavy atom. The Labute approximate surface area is 205 Å². The van der Waals surface area contributed by atoms with E-state index in [4.69, 9.17) is 23.2 Å². The maximum absolute atomic E-state index is 12.6. The SMILES string of the molecule is CN(C)c1ccc(C(CNC(=O)Nc2ccc(Cl)c(Cl)c2)N2CCc3ccccc3C2)cc1. The first kappa shape index (κ1) is 23.4. The zero-order valence-electron chi connectivity index (χ0n) is 18.8. The van der Waals surface area contributed by atoms with Crippen LogP contribution in [0.15, 0.2) is 66.7 Å². The van der Waals surface area contributed by atoms with Crippen molar-refractivity contribution in [2.24, 2.45) is 0 Å². The molecule has 4 rings (SSSR count). The third-order valence-corrected chi connectivity index (χ3v) is 6.77. The molecule has 0 radical (unpaired) electrons. The number of nitrogens with zero attached hydrogens (tertiary/aromatic N) is 2. The van der Waals surface area contributed by atoms with Crippen molar-refractivity contribution in [2.75, 3.05) is 37.4 Å². The van der Waals surface area contributed by atoms with Gasteiger partial charge in [0, 0.05) is 45.1 Å². The summed E-state index contributed by atoms with van der Waals surface area (Å²) in [5.41, 5.74) is 5.67. The Balaban J connectivity index is 1.50. The second kappa shape index (κ2) is 10.5. The molecule has 1 aliphatic rings. The lowest BCUT2D eigenvalue weighted by atomic mass is 9.96. The minimum absolute atomic E-state index is 0.0501. The minimum Gasteiger partial charge on any atom is -0.378 e. The number of fused-ring (bicyclic) bond motifs is 1. The normalized spacial score (nSPS) is 14.3. The summed E-state index contributed by atoms with van der Waals surface area (Å²) in [7, 11) is 4.06. The average Bonchev–Trinajstić information content (AvgIpc) is 2.82. The molecule has 0 aliphatic carbocycles. The summed E-state index contributed by atoms with van der Waals surface area (Å²) in [4.78, 5) is 17.2. The number of halogens is 2. The molecule has 1 aliphatic heterocycles. The monoisotopic (exact) mass is 482 g/mol. The highest BCUT2D eigenvalue weighted by Gasteiger charge is 2.25. The fourth-order valence-corrected chi connectivity index (χ4v) is 4.47. The molecule has 3 aromatic carbocycles. The van der Waals surface area contributed by atoms with E-state index in [1.807, 2.05) is 14.1 Å². The van der Waals surface area contributed by atoms with Crippen LogP contribution < -0.4 is 15.5 Å². The first-order valence-corrected chi connectivity index (χ1v) is 11.7. The average molecular weight is 483 g/mol. The molecule has 2 amide bonds. The molecule has 0 fully saturated rings. The standard InChI is InChI=1S/C26H28Cl2N4O/c1-31(2)22-10-7-19(8-11-22)25(32-14-13-18-5-3-4-6-20(18)17-32)16-29-26(33)30-21-9-12-23(27)24(28)15-21/h3-12,15,25H,13-14,16-17H2,1-2H3,(H2,29,30,33). The summed E-state index contributed by atoms with van der Waals surface area (Å²) in [6.45, 7) is 2.27. The van der Waals surface area contributed by atoms with E-state index in [1.165, 1.54) is 16.7 Å². The lowest BCUT2D eigenvalue weighted by molar-refractivity contribution is 0.175. The Morgan fingerprint density at radius 1 is 1.00 bits per heavy atom. The predicted octanol–water partition coefficient (Wildman–Crippen LogP) is 5.98. The van der Waals surface area contributed by atoms with Crippen molar-refractivity contribution in [1.29, 1.82) is 0 Å². The lowest BCUT2D eigenvalue weighted by Gasteiger charge is -2.36. The van der Waals surface area contributed by atoms with Gasteiger partial charge in [-0.15, -0.1) is 0 Å². The van der Waals surface area contributed by atoms with E-state index in [-0.39, 0.29) is 12.1 Å². The van der Waals surface area contributed by atoms with Crippen molar-refractivity contribution in [3.05, 3.63) is 93.5 Å². The van der Waals surface area contributed by atoms with Crippen molar-refractivity contribution in [1.82, 2.24) is 10.2 Å². The third kappa shape index (κ3) is 5.80. The molecule has 1 heterocycles. The molecule has 7 heteroatoms. The summed E-state index contributed by atoms with van der Waals surface area (Å²) < 4.78 is 0. The van der Waals surface area contributed by atoms with Gasteiger partial charge in [-0.1, -0.05) is 59.6 Å². The van der Waals surface area contributed by atoms with Crippen LogP contribution in [0.1, 0.15) is 22.7 Å². The number of hydrogen-bond donors (Lipinski definition) is 2. The van der Waals surface area contributed by atoms with E-state index >= 15 is 0 Å². The maximum Gasteiger partial charge on any atom is 0.319 e. The second-order valence-electron chi connectivity index (χ2n) is 8.45. The summed E-state index contributed by atoms with van der Waals surface area (Å²) in [6.07, 6.45) is 0.998. The van der Waals surface area contributed by atoms with E-state index in [2.05, 4.69) is 69.0 Å². The molecular formula is C26H28Cl2N4O. The number of carbonyl (C=O) groups excluding carboxylic acids is 1. The molecule has 1 unspecified atom stereocenters. The number of anilines is 2. The van der Waals surface area contributed by atoms with Crippen LogP contribution in [0, 0.1) is 0 Å². The van der Waals surface area contributed by atoms with Gasteiger partial charge < -0.3 is 15.5 Å². The molecule has 0 saturated heterocycles. The molecule has 0 aromatic heterocycles. The quantitative estimate of drug-likeness (QED) is 0.454. The Hall–Kier alpha value is -2.73. The van der Waals surface area contributed by atoms with Gasteiger partial charge in [0.05, 0.1) is 16.1 Å². The van der Waals surface area contributed by atoms with Crippen LogP contribution in [0.3, 0.4) is 0 Å². The van der Waals surface area contributed by atoms with E-state index in [1.54, 1.807) is 18.2 Å². The van der Waals surface area contributed by atoms with Crippen LogP contribution in [0.4, 0.5) is 16.2 Å². The predicted molar refractivity (Wildman–Crippen MR) is 138 cm³/mol. The highest BCUT2D eigenvalue weighted by molar-refractivity contribution is 6.42. The topological polar surface area (TPSA) is 47.6 Å². The van der Waals surface area contributed by atoms with Gasteiger partial charge in [-0.2, -0.15) is 0 Å². The van der Waals surface area contributed by atoms with Crippen molar-refractivity contribution >= 4 is 40.6 Å². The summed E-state index contributed by atoms with van der Waals surface area (Å²) in [5.74, 6) is 0. The van der Waals surface area contributed by atoms with Gasteiger partial charge in [-0.05, 0) is 53.4 Å². The molecule has 1 atom stereocenters. The second-order valence-corrected chi connectivity index (χ2v) is 9.27. The van der Waals surface area contributed by atoms with Crippen molar-refractivity contribution in [3.63, 3.8) is 0 Å². The van der Waals surface area contributed by atoms with E-state index in [0.717, 1.165) is 25.2 Å². The smallest absolute Gasteiger partial charge is 0.319 e. The van der Waals surface area contributed by atoms with Gasteiger partial charge in [0.15, 0.2) is 0 Å². The van der Waals surface area contributed by atoms with Crippen molar-refractivity contribution in [2.45, 2.75) is 19.0 Å². The van der Waals surface area contributed by atoms with Gasteiger partial charge >= 0.3 is 6.03 Å². The van der Waals surface area contributed by atoms with Crippen LogP contribution in [-0.2, 0) is 13.0 Å². The first-order valence-electron chi connectivity index (χ1n) is 11.0. The van der Waals surface area contributed by atoms with Gasteiger partial charge in [-0.25, -0.2) is 4.79 Å².